The van der Waals surface area contributed by atoms with Crippen LogP contribution >= 0.6 is 11.3 Å². The summed E-state index contributed by atoms with van der Waals surface area (Å²) in [4.78, 5) is 10.8. The molecule has 0 aliphatic carbocycles. The van der Waals surface area contributed by atoms with Gasteiger partial charge < -0.3 is 5.32 Å². The molecule has 0 aromatic carbocycles. The minimum atomic E-state index is -3.65. The van der Waals surface area contributed by atoms with E-state index in [1.54, 1.807) is 0 Å². The standard InChI is InChI=1S/C10H18N4O3S2/c1-4-8(5-2)6-11-19(16,17)10-14-13-9(18-10)12-7(3)15/h8,11H,4-6H2,1-3H3,(H,12,13,15). The quantitative estimate of drug-likeness (QED) is 0.737. The molecule has 0 aliphatic rings. The van der Waals surface area contributed by atoms with E-state index in [2.05, 4.69) is 20.2 Å². The van der Waals surface area contributed by atoms with Gasteiger partial charge in [-0.2, -0.15) is 0 Å². The second kappa shape index (κ2) is 6.92. The van der Waals surface area contributed by atoms with E-state index in [1.165, 1.54) is 6.92 Å². The van der Waals surface area contributed by atoms with Gasteiger partial charge in [0.15, 0.2) is 0 Å². The van der Waals surface area contributed by atoms with Gasteiger partial charge in [-0.15, -0.1) is 10.2 Å². The van der Waals surface area contributed by atoms with Gasteiger partial charge >= 0.3 is 0 Å². The number of rotatable bonds is 7. The van der Waals surface area contributed by atoms with E-state index in [0.29, 0.717) is 12.5 Å². The predicted molar refractivity (Wildman–Crippen MR) is 73.5 cm³/mol. The van der Waals surface area contributed by atoms with E-state index < -0.39 is 10.0 Å². The monoisotopic (exact) mass is 306 g/mol. The predicted octanol–water partition coefficient (Wildman–Crippen LogP) is 1.21. The Bertz CT molecular complexity index is 523. The average molecular weight is 306 g/mol. The Kier molecular flexibility index (Phi) is 5.83. The number of amides is 1. The van der Waals surface area contributed by atoms with E-state index in [-0.39, 0.29) is 15.4 Å². The molecule has 0 radical (unpaired) electrons. The van der Waals surface area contributed by atoms with Crippen LogP contribution in [0.25, 0.3) is 0 Å². The Hall–Kier alpha value is -1.06. The van der Waals surface area contributed by atoms with Gasteiger partial charge in [-0.25, -0.2) is 13.1 Å². The molecule has 0 spiro atoms. The fourth-order valence-electron chi connectivity index (χ4n) is 1.39. The summed E-state index contributed by atoms with van der Waals surface area (Å²) in [6, 6.07) is 0. The lowest BCUT2D eigenvalue weighted by atomic mass is 10.0. The fraction of sp³-hybridized carbons (Fsp3) is 0.700. The van der Waals surface area contributed by atoms with Gasteiger partial charge in [0.1, 0.15) is 0 Å². The van der Waals surface area contributed by atoms with Crippen LogP contribution in [0.5, 0.6) is 0 Å². The Balaban J connectivity index is 2.72. The molecule has 1 aromatic heterocycles. The highest BCUT2D eigenvalue weighted by molar-refractivity contribution is 7.91. The Morgan fingerprint density at radius 2 is 1.95 bits per heavy atom. The van der Waals surface area contributed by atoms with E-state index in [1.807, 2.05) is 13.8 Å². The lowest BCUT2D eigenvalue weighted by Crippen LogP contribution is -2.29. The molecule has 7 nitrogen and oxygen atoms in total. The normalized spacial score (nSPS) is 11.8. The van der Waals surface area contributed by atoms with Crippen molar-refractivity contribution < 1.29 is 13.2 Å². The van der Waals surface area contributed by atoms with Crippen LogP contribution in [0.15, 0.2) is 4.34 Å². The number of nitrogens with zero attached hydrogens (tertiary/aromatic N) is 2. The SMILES string of the molecule is CCC(CC)CNS(=O)(=O)c1nnc(NC(C)=O)s1. The minimum absolute atomic E-state index is 0.137. The maximum atomic E-state index is 12.0. The molecule has 1 rings (SSSR count). The van der Waals surface area contributed by atoms with Crippen molar-refractivity contribution in [2.45, 2.75) is 38.0 Å². The van der Waals surface area contributed by atoms with Crippen molar-refractivity contribution in [1.82, 2.24) is 14.9 Å². The van der Waals surface area contributed by atoms with Crippen molar-refractivity contribution in [3.8, 4) is 0 Å². The third-order valence-corrected chi connectivity index (χ3v) is 5.27. The minimum Gasteiger partial charge on any atom is -0.301 e. The summed E-state index contributed by atoms with van der Waals surface area (Å²) in [6.07, 6.45) is 1.82. The highest BCUT2D eigenvalue weighted by Crippen LogP contribution is 2.19. The van der Waals surface area contributed by atoms with E-state index in [9.17, 15) is 13.2 Å². The molecule has 0 fully saturated rings. The fourth-order valence-corrected chi connectivity index (χ4v) is 3.49. The number of carbonyl (C=O) groups excluding carboxylic acids is 1. The van der Waals surface area contributed by atoms with Crippen molar-refractivity contribution >= 4 is 32.4 Å². The number of hydrogen-bond acceptors (Lipinski definition) is 6. The van der Waals surface area contributed by atoms with E-state index in [4.69, 9.17) is 0 Å². The van der Waals surface area contributed by atoms with E-state index in [0.717, 1.165) is 24.2 Å². The summed E-state index contributed by atoms with van der Waals surface area (Å²) in [7, 11) is -3.65. The first kappa shape index (κ1) is 16.0. The zero-order valence-electron chi connectivity index (χ0n) is 11.1. The Morgan fingerprint density at radius 1 is 1.32 bits per heavy atom. The third-order valence-electron chi connectivity index (χ3n) is 2.64. The molecular weight excluding hydrogens is 288 g/mol. The van der Waals surface area contributed by atoms with Gasteiger partial charge in [0.2, 0.25) is 15.4 Å². The van der Waals surface area contributed by atoms with Crippen molar-refractivity contribution in [3.05, 3.63) is 0 Å². The summed E-state index contributed by atoms with van der Waals surface area (Å²) in [5.41, 5.74) is 0. The molecule has 9 heteroatoms. The number of aromatic nitrogens is 2. The Labute approximate surface area is 116 Å². The highest BCUT2D eigenvalue weighted by Gasteiger charge is 2.21. The van der Waals surface area contributed by atoms with Gasteiger partial charge in [0.05, 0.1) is 0 Å². The first-order chi connectivity index (χ1) is 8.89. The molecule has 0 aliphatic heterocycles. The Morgan fingerprint density at radius 3 is 2.47 bits per heavy atom. The summed E-state index contributed by atoms with van der Waals surface area (Å²) in [6.45, 7) is 5.73. The smallest absolute Gasteiger partial charge is 0.269 e. The van der Waals surface area contributed by atoms with Gasteiger partial charge in [0, 0.05) is 13.5 Å². The van der Waals surface area contributed by atoms with Crippen LogP contribution in [-0.4, -0.2) is 31.1 Å². The van der Waals surface area contributed by atoms with Crippen LogP contribution in [0.3, 0.4) is 0 Å². The first-order valence-corrected chi connectivity index (χ1v) is 8.29. The van der Waals surface area contributed by atoms with Crippen LogP contribution in [0.2, 0.25) is 0 Å². The van der Waals surface area contributed by atoms with Gasteiger partial charge in [0.25, 0.3) is 10.0 Å². The number of anilines is 1. The maximum Gasteiger partial charge on any atom is 0.269 e. The second-order valence-corrected chi connectivity index (χ2v) is 7.01. The number of carbonyl (C=O) groups is 1. The summed E-state index contributed by atoms with van der Waals surface area (Å²) >= 11 is 0.830. The van der Waals surface area contributed by atoms with Crippen LogP contribution in [0.4, 0.5) is 5.13 Å². The summed E-state index contributed by atoms with van der Waals surface area (Å²) < 4.78 is 26.3. The number of sulfonamides is 1. The molecule has 1 amide bonds. The molecule has 1 aromatic rings. The zero-order valence-corrected chi connectivity index (χ0v) is 12.8. The third kappa shape index (κ3) is 4.84. The summed E-state index contributed by atoms with van der Waals surface area (Å²) in [5, 5.41) is 9.76. The molecule has 0 unspecified atom stereocenters. The molecular formula is C10H18N4O3S2. The topological polar surface area (TPSA) is 101 Å². The highest BCUT2D eigenvalue weighted by atomic mass is 32.2. The van der Waals surface area contributed by atoms with Crippen LogP contribution < -0.4 is 10.0 Å². The van der Waals surface area contributed by atoms with Gasteiger partial charge in [-0.3, -0.25) is 4.79 Å². The van der Waals surface area contributed by atoms with Crippen molar-refractivity contribution in [2.24, 2.45) is 5.92 Å². The zero-order chi connectivity index (χ0) is 14.5. The largest absolute Gasteiger partial charge is 0.301 e. The maximum absolute atomic E-state index is 12.0. The van der Waals surface area contributed by atoms with Crippen LogP contribution in [0, 0.1) is 5.92 Å². The van der Waals surface area contributed by atoms with Crippen LogP contribution in [-0.2, 0) is 14.8 Å². The molecule has 0 bridgehead atoms. The van der Waals surface area contributed by atoms with Crippen molar-refractivity contribution in [3.63, 3.8) is 0 Å². The molecule has 1 heterocycles. The molecule has 2 N–H and O–H groups in total. The first-order valence-electron chi connectivity index (χ1n) is 5.99. The van der Waals surface area contributed by atoms with Crippen molar-refractivity contribution in [1.29, 1.82) is 0 Å². The molecule has 0 atom stereocenters. The number of nitrogens with one attached hydrogen (secondary N) is 2. The summed E-state index contributed by atoms with van der Waals surface area (Å²) in [5.74, 6) is -0.0115. The lowest BCUT2D eigenvalue weighted by molar-refractivity contribution is -0.114. The molecule has 0 saturated carbocycles. The van der Waals surface area contributed by atoms with E-state index >= 15 is 0 Å². The second-order valence-electron chi connectivity index (χ2n) is 4.09. The van der Waals surface area contributed by atoms with Crippen molar-refractivity contribution in [2.75, 3.05) is 11.9 Å². The molecule has 0 saturated heterocycles. The lowest BCUT2D eigenvalue weighted by Gasteiger charge is -2.11. The van der Waals surface area contributed by atoms with Crippen LogP contribution in [0.1, 0.15) is 33.6 Å². The average Bonchev–Trinajstić information content (AvgIpc) is 2.78. The molecule has 19 heavy (non-hydrogen) atoms. The number of hydrogen-bond donors (Lipinski definition) is 2. The molecule has 108 valence electrons. The van der Waals surface area contributed by atoms with Gasteiger partial charge in [-0.05, 0) is 5.92 Å². The van der Waals surface area contributed by atoms with Gasteiger partial charge in [-0.1, -0.05) is 38.0 Å².